The molecule has 2 unspecified atom stereocenters. The molecule has 33 heavy (non-hydrogen) atoms. The predicted octanol–water partition coefficient (Wildman–Crippen LogP) is 2.31. The molecular formula is C20H16F4N3O6. The van der Waals surface area contributed by atoms with Gasteiger partial charge in [-0.2, -0.15) is 17.6 Å². The molecule has 0 saturated carbocycles. The lowest BCUT2D eigenvalue weighted by molar-refractivity contribution is -0.131. The Morgan fingerprint density at radius 3 is 2.42 bits per heavy atom. The second-order valence-corrected chi connectivity index (χ2v) is 6.74. The first-order valence-electron chi connectivity index (χ1n) is 9.23. The minimum absolute atomic E-state index is 0.00239. The summed E-state index contributed by atoms with van der Waals surface area (Å²) in [4.78, 5) is 38.2. The minimum Gasteiger partial charge on any atom is -0.431 e. The van der Waals surface area contributed by atoms with Crippen LogP contribution in [0.5, 0.6) is 11.5 Å². The Hall–Kier alpha value is -3.87. The topological polar surface area (TPSA) is 131 Å². The molecule has 2 aromatic rings. The zero-order valence-electron chi connectivity index (χ0n) is 16.5. The van der Waals surface area contributed by atoms with Crippen LogP contribution >= 0.6 is 0 Å². The number of nitrogens with two attached hydrogens (primary N) is 1. The number of benzene rings is 2. The molecule has 1 aliphatic heterocycles. The van der Waals surface area contributed by atoms with Gasteiger partial charge in [0, 0.05) is 0 Å². The van der Waals surface area contributed by atoms with E-state index in [2.05, 4.69) is 15.5 Å². The molecule has 13 heteroatoms. The second-order valence-electron chi connectivity index (χ2n) is 6.74. The molecule has 0 fully saturated rings. The van der Waals surface area contributed by atoms with Crippen LogP contribution in [0.4, 0.5) is 17.6 Å². The van der Waals surface area contributed by atoms with Crippen LogP contribution in [-0.2, 0) is 9.59 Å². The van der Waals surface area contributed by atoms with Gasteiger partial charge in [-0.25, -0.2) is 5.48 Å². The van der Waals surface area contributed by atoms with E-state index in [0.29, 0.717) is 0 Å². The number of carbonyl (C=O) groups is 3. The molecule has 1 heterocycles. The summed E-state index contributed by atoms with van der Waals surface area (Å²) in [6.45, 7) is -6.76. The summed E-state index contributed by atoms with van der Waals surface area (Å²) in [6, 6.07) is 7.18. The number of nitrogens with one attached hydrogen (secondary N) is 1. The molecule has 2 aromatic carbocycles. The first-order valence-corrected chi connectivity index (χ1v) is 9.23. The lowest BCUT2D eigenvalue weighted by Gasteiger charge is -2.32. The van der Waals surface area contributed by atoms with Crippen molar-refractivity contribution in [3.05, 3.63) is 59.2 Å². The van der Waals surface area contributed by atoms with Gasteiger partial charge < -0.3 is 20.1 Å². The second kappa shape index (κ2) is 9.73. The number of ether oxygens (including phenoxy) is 2. The van der Waals surface area contributed by atoms with E-state index >= 15 is 0 Å². The van der Waals surface area contributed by atoms with Crippen LogP contribution in [0.15, 0.2) is 36.4 Å². The third kappa shape index (κ3) is 4.98. The van der Waals surface area contributed by atoms with Gasteiger partial charge in [0.15, 0.2) is 11.5 Å². The Labute approximate surface area is 183 Å². The van der Waals surface area contributed by atoms with E-state index in [1.807, 2.05) is 0 Å². The first-order chi connectivity index (χ1) is 15.6. The van der Waals surface area contributed by atoms with Gasteiger partial charge in [0.2, 0.25) is 11.8 Å². The van der Waals surface area contributed by atoms with Crippen molar-refractivity contribution in [1.29, 1.82) is 0 Å². The third-order valence-corrected chi connectivity index (χ3v) is 4.80. The van der Waals surface area contributed by atoms with E-state index < -0.39 is 60.9 Å². The fourth-order valence-corrected chi connectivity index (χ4v) is 3.58. The maximum absolute atomic E-state index is 13.1. The van der Waals surface area contributed by atoms with E-state index in [9.17, 15) is 31.9 Å². The monoisotopic (exact) mass is 470 g/mol. The van der Waals surface area contributed by atoms with E-state index in [1.165, 1.54) is 23.7 Å². The van der Waals surface area contributed by atoms with Crippen molar-refractivity contribution in [3.63, 3.8) is 0 Å². The number of fused-ring (bicyclic) bond motifs is 1. The zero-order chi connectivity index (χ0) is 24.3. The fraction of sp³-hybridized carbons (Fsp3) is 0.250. The molecule has 0 aliphatic carbocycles. The molecule has 0 aromatic heterocycles. The molecule has 1 aliphatic rings. The average Bonchev–Trinajstić information content (AvgIpc) is 3.05. The Bertz CT molecular complexity index is 1070. The van der Waals surface area contributed by atoms with Crippen molar-refractivity contribution < 1.29 is 46.6 Å². The Kier molecular flexibility index (Phi) is 7.01. The van der Waals surface area contributed by atoms with Gasteiger partial charge in [-0.3, -0.25) is 19.6 Å². The normalized spacial score (nSPS) is 16.0. The number of amides is 3. The summed E-state index contributed by atoms with van der Waals surface area (Å²) in [6.07, 6.45) is -0.650. The number of nitrogens with zero attached hydrogens (tertiary/aromatic N) is 1. The number of hydrogen-bond acceptors (Lipinski definition) is 6. The van der Waals surface area contributed by atoms with Crippen molar-refractivity contribution in [2.75, 3.05) is 0 Å². The highest BCUT2D eigenvalue weighted by Gasteiger charge is 2.45. The number of halogens is 4. The molecule has 0 bridgehead atoms. The van der Waals surface area contributed by atoms with Crippen molar-refractivity contribution in [3.8, 4) is 11.5 Å². The maximum Gasteiger partial charge on any atom is 0.387 e. The van der Waals surface area contributed by atoms with Crippen LogP contribution in [0.2, 0.25) is 0 Å². The Morgan fingerprint density at radius 1 is 1.15 bits per heavy atom. The van der Waals surface area contributed by atoms with E-state index in [1.54, 1.807) is 0 Å². The number of hydrogen-bond donors (Lipinski definition) is 3. The minimum atomic E-state index is -3.41. The Balaban J connectivity index is 2.13. The highest BCUT2D eigenvalue weighted by molar-refractivity contribution is 6.04. The van der Waals surface area contributed by atoms with Crippen LogP contribution < -0.4 is 20.7 Å². The summed E-state index contributed by atoms with van der Waals surface area (Å²) in [5.74, 6) is -4.24. The first kappa shape index (κ1) is 23.8. The van der Waals surface area contributed by atoms with Gasteiger partial charge >= 0.3 is 13.2 Å². The van der Waals surface area contributed by atoms with Crippen LogP contribution in [-0.4, -0.2) is 41.1 Å². The standard InChI is InChI=1S/C20H16F4N3O6/c21-19(22)32-13-6-5-9(7-14(13)33-20(23)24)12(8-15(28)26-31)27-16(17(25)29)10-3-1-2-4-11(10)18(27)30/h1-3,5-7,12,16,19-20,31H,8H2,(H2,25,29)(H,26,28). The molecule has 9 nitrogen and oxygen atoms in total. The van der Waals surface area contributed by atoms with Gasteiger partial charge in [0.05, 0.1) is 18.0 Å². The number of primary amides is 1. The lowest BCUT2D eigenvalue weighted by Crippen LogP contribution is -2.40. The molecule has 175 valence electrons. The van der Waals surface area contributed by atoms with Crippen molar-refractivity contribution in [2.24, 2.45) is 5.73 Å². The van der Waals surface area contributed by atoms with Crippen LogP contribution in [0.1, 0.15) is 40.0 Å². The van der Waals surface area contributed by atoms with Gasteiger partial charge in [0.1, 0.15) is 6.04 Å². The van der Waals surface area contributed by atoms with E-state index in [-0.39, 0.29) is 16.7 Å². The number of hydroxylamine groups is 1. The molecule has 3 amide bonds. The highest BCUT2D eigenvalue weighted by atomic mass is 19.3. The summed E-state index contributed by atoms with van der Waals surface area (Å²) in [7, 11) is 0. The number of alkyl halides is 4. The van der Waals surface area contributed by atoms with Crippen LogP contribution in [0, 0.1) is 6.07 Å². The number of carbonyl (C=O) groups excluding carboxylic acids is 3. The lowest BCUT2D eigenvalue weighted by atomic mass is 9.98. The van der Waals surface area contributed by atoms with Crippen molar-refractivity contribution in [1.82, 2.24) is 10.4 Å². The molecule has 4 N–H and O–H groups in total. The summed E-state index contributed by atoms with van der Waals surface area (Å²) in [5.41, 5.74) is 7.00. The van der Waals surface area contributed by atoms with Crippen LogP contribution in [0.25, 0.3) is 0 Å². The average molecular weight is 470 g/mol. The zero-order valence-corrected chi connectivity index (χ0v) is 16.5. The van der Waals surface area contributed by atoms with Gasteiger partial charge in [-0.1, -0.05) is 24.3 Å². The molecular weight excluding hydrogens is 454 g/mol. The SMILES string of the molecule is NC(=O)C1c2ccc[c]c2C(=O)N1C(CC(=O)NO)c1ccc(OC(F)F)c(OC(F)F)c1. The van der Waals surface area contributed by atoms with E-state index in [0.717, 1.165) is 23.1 Å². The molecule has 0 saturated heterocycles. The maximum atomic E-state index is 13.1. The Morgan fingerprint density at radius 2 is 1.82 bits per heavy atom. The summed E-state index contributed by atoms with van der Waals surface area (Å²) < 4.78 is 59.4. The number of rotatable bonds is 9. The van der Waals surface area contributed by atoms with Crippen molar-refractivity contribution >= 4 is 17.7 Å². The molecule has 3 rings (SSSR count). The summed E-state index contributed by atoms with van der Waals surface area (Å²) in [5, 5.41) is 8.98. The largest absolute Gasteiger partial charge is 0.431 e. The van der Waals surface area contributed by atoms with Gasteiger partial charge in [-0.15, -0.1) is 0 Å². The van der Waals surface area contributed by atoms with Gasteiger partial charge in [-0.05, 0) is 29.3 Å². The predicted molar refractivity (Wildman–Crippen MR) is 100 cm³/mol. The fourth-order valence-electron chi connectivity index (χ4n) is 3.58. The van der Waals surface area contributed by atoms with Crippen LogP contribution in [0.3, 0.4) is 0 Å². The van der Waals surface area contributed by atoms with Crippen molar-refractivity contribution in [2.45, 2.75) is 31.7 Å². The third-order valence-electron chi connectivity index (χ3n) is 4.80. The highest BCUT2D eigenvalue weighted by Crippen LogP contribution is 2.43. The smallest absolute Gasteiger partial charge is 0.387 e. The van der Waals surface area contributed by atoms with Gasteiger partial charge in [0.25, 0.3) is 5.91 Å². The molecule has 2 atom stereocenters. The van der Waals surface area contributed by atoms with E-state index in [4.69, 9.17) is 10.9 Å². The molecule has 0 spiro atoms. The quantitative estimate of drug-likeness (QED) is 0.293. The summed E-state index contributed by atoms with van der Waals surface area (Å²) >= 11 is 0. The molecule has 1 radical (unpaired) electrons.